The summed E-state index contributed by atoms with van der Waals surface area (Å²) in [6, 6.07) is 20.3. The van der Waals surface area contributed by atoms with E-state index in [0.29, 0.717) is 25.7 Å². The second-order valence-corrected chi connectivity index (χ2v) is 11.7. The summed E-state index contributed by atoms with van der Waals surface area (Å²) in [5.41, 5.74) is 1.67. The number of aldehydes is 1. The Labute approximate surface area is 257 Å². The van der Waals surface area contributed by atoms with E-state index in [1.807, 2.05) is 86.6 Å². The number of benzene rings is 3. The number of hydrogen-bond acceptors (Lipinski definition) is 7. The fourth-order valence-corrected chi connectivity index (χ4v) is 5.54. The Hall–Kier alpha value is -4.28. The van der Waals surface area contributed by atoms with Crippen LogP contribution in [0, 0.1) is 11.8 Å². The van der Waals surface area contributed by atoms with Gasteiger partial charge in [-0.25, -0.2) is 4.79 Å². The molecule has 10 nitrogen and oxygen atoms in total. The van der Waals surface area contributed by atoms with Gasteiger partial charge in [-0.1, -0.05) is 86.6 Å². The van der Waals surface area contributed by atoms with Crippen LogP contribution >= 0.6 is 0 Å². The first-order valence-corrected chi connectivity index (χ1v) is 15.1. The van der Waals surface area contributed by atoms with E-state index in [-0.39, 0.29) is 37.2 Å². The van der Waals surface area contributed by atoms with E-state index in [1.54, 1.807) is 0 Å². The molecular weight excluding hydrogens is 560 g/mol. The maximum atomic E-state index is 13.8. The maximum absolute atomic E-state index is 13.8. The molecule has 0 radical (unpaired) electrons. The van der Waals surface area contributed by atoms with Gasteiger partial charge in [-0.2, -0.15) is 0 Å². The van der Waals surface area contributed by atoms with Crippen LogP contribution in [0.4, 0.5) is 4.79 Å². The topological polar surface area (TPSA) is 146 Å². The molecule has 3 aromatic carbocycles. The molecular formula is C34H42N4O6. The lowest BCUT2D eigenvalue weighted by atomic mass is 9.96. The van der Waals surface area contributed by atoms with Crippen molar-refractivity contribution in [1.82, 2.24) is 21.3 Å². The van der Waals surface area contributed by atoms with Gasteiger partial charge in [-0.3, -0.25) is 14.9 Å². The fraction of sp³-hybridized carbons (Fsp3) is 0.412. The molecule has 0 saturated carbocycles. The van der Waals surface area contributed by atoms with E-state index < -0.39 is 36.4 Å². The molecule has 1 saturated heterocycles. The number of carbonyl (C=O) groups excluding carboxylic acids is 4. The smallest absolute Gasteiger partial charge is 0.408 e. The summed E-state index contributed by atoms with van der Waals surface area (Å²) in [5.74, 6) is -0.841. The highest BCUT2D eigenvalue weighted by Gasteiger charge is 2.32. The van der Waals surface area contributed by atoms with Gasteiger partial charge in [0.1, 0.15) is 25.2 Å². The van der Waals surface area contributed by atoms with E-state index in [4.69, 9.17) is 4.74 Å². The minimum Gasteiger partial charge on any atom is -0.445 e. The van der Waals surface area contributed by atoms with Gasteiger partial charge in [0.25, 0.3) is 0 Å². The highest BCUT2D eigenvalue weighted by atomic mass is 16.5. The number of carbonyl (C=O) groups is 4. The molecule has 0 aromatic heterocycles. The van der Waals surface area contributed by atoms with Crippen LogP contribution < -0.4 is 21.3 Å². The lowest BCUT2D eigenvalue weighted by molar-refractivity contribution is -0.125. The van der Waals surface area contributed by atoms with Crippen LogP contribution in [0.3, 0.4) is 0 Å². The monoisotopic (exact) mass is 602 g/mol. The third kappa shape index (κ3) is 9.36. The highest BCUT2D eigenvalue weighted by Crippen LogP contribution is 2.21. The largest absolute Gasteiger partial charge is 0.445 e. The Balaban J connectivity index is 1.50. The summed E-state index contributed by atoms with van der Waals surface area (Å²) in [7, 11) is 0. The van der Waals surface area contributed by atoms with Crippen LogP contribution in [0.5, 0.6) is 0 Å². The van der Waals surface area contributed by atoms with Gasteiger partial charge < -0.3 is 30.6 Å². The predicted octanol–water partition coefficient (Wildman–Crippen LogP) is 3.21. The number of amides is 3. The second kappa shape index (κ2) is 16.0. The average Bonchev–Trinajstić information content (AvgIpc) is 3.43. The van der Waals surface area contributed by atoms with Crippen molar-refractivity contribution >= 4 is 35.0 Å². The van der Waals surface area contributed by atoms with Crippen molar-refractivity contribution in [2.75, 3.05) is 6.54 Å². The normalized spacial score (nSPS) is 17.4. The fourth-order valence-electron chi connectivity index (χ4n) is 5.54. The number of hydrogen-bond donors (Lipinski definition) is 5. The molecule has 3 aromatic rings. The van der Waals surface area contributed by atoms with Gasteiger partial charge in [0.2, 0.25) is 11.8 Å². The Kier molecular flexibility index (Phi) is 11.8. The number of aliphatic hydroxyl groups excluding tert-OH is 1. The number of aliphatic hydroxyl groups is 1. The lowest BCUT2D eigenvalue weighted by Crippen LogP contribution is -2.58. The summed E-state index contributed by atoms with van der Waals surface area (Å²) in [5, 5.41) is 24.4. The SMILES string of the molecule is CC(C)C[C@H](NC(=O)C(Cc1cccc2ccccc12)NC(=O)OCc1ccccc1)C(O)NC(C=O)C[C@@H]1CCNC1=O. The first-order chi connectivity index (χ1) is 21.2. The summed E-state index contributed by atoms with van der Waals surface area (Å²) >= 11 is 0. The van der Waals surface area contributed by atoms with Crippen molar-refractivity contribution in [1.29, 1.82) is 0 Å². The van der Waals surface area contributed by atoms with Gasteiger partial charge in [-0.15, -0.1) is 0 Å². The minimum atomic E-state index is -1.27. The molecule has 0 aliphatic carbocycles. The Bertz CT molecular complexity index is 1410. The quantitative estimate of drug-likeness (QED) is 0.133. The van der Waals surface area contributed by atoms with Crippen molar-refractivity contribution in [3.8, 4) is 0 Å². The zero-order valence-corrected chi connectivity index (χ0v) is 25.2. The van der Waals surface area contributed by atoms with Crippen molar-refractivity contribution in [2.45, 2.75) is 70.5 Å². The summed E-state index contributed by atoms with van der Waals surface area (Å²) in [6.07, 6.45) is 0.0982. The molecule has 0 bridgehead atoms. The summed E-state index contributed by atoms with van der Waals surface area (Å²) in [4.78, 5) is 50.6. The highest BCUT2D eigenvalue weighted by molar-refractivity contribution is 5.89. The molecule has 1 aliphatic rings. The van der Waals surface area contributed by atoms with Gasteiger partial charge >= 0.3 is 6.09 Å². The average molecular weight is 603 g/mol. The lowest BCUT2D eigenvalue weighted by Gasteiger charge is -2.30. The number of rotatable bonds is 15. The molecule has 0 spiro atoms. The first kappa shape index (κ1) is 32.6. The van der Waals surface area contributed by atoms with Crippen LogP contribution in [-0.4, -0.2) is 60.2 Å². The first-order valence-electron chi connectivity index (χ1n) is 15.1. The Morgan fingerprint density at radius 1 is 1.02 bits per heavy atom. The second-order valence-electron chi connectivity index (χ2n) is 11.7. The van der Waals surface area contributed by atoms with E-state index >= 15 is 0 Å². The molecule has 1 heterocycles. The van der Waals surface area contributed by atoms with E-state index in [2.05, 4.69) is 21.3 Å². The van der Waals surface area contributed by atoms with Crippen LogP contribution in [0.15, 0.2) is 72.8 Å². The third-order valence-corrected chi connectivity index (χ3v) is 7.81. The van der Waals surface area contributed by atoms with Crippen molar-refractivity contribution < 1.29 is 29.0 Å². The maximum Gasteiger partial charge on any atom is 0.408 e. The number of nitrogens with one attached hydrogen (secondary N) is 4. The Morgan fingerprint density at radius 3 is 2.45 bits per heavy atom. The molecule has 1 fully saturated rings. The van der Waals surface area contributed by atoms with Gasteiger partial charge in [-0.05, 0) is 47.1 Å². The van der Waals surface area contributed by atoms with E-state index in [9.17, 15) is 24.3 Å². The molecule has 5 N–H and O–H groups in total. The predicted molar refractivity (Wildman–Crippen MR) is 167 cm³/mol. The number of alkyl carbamates (subject to hydrolysis) is 1. The molecule has 44 heavy (non-hydrogen) atoms. The van der Waals surface area contributed by atoms with Crippen molar-refractivity contribution in [2.24, 2.45) is 11.8 Å². The van der Waals surface area contributed by atoms with E-state index in [0.717, 1.165) is 21.9 Å². The zero-order chi connectivity index (χ0) is 31.5. The van der Waals surface area contributed by atoms with Crippen molar-refractivity contribution in [3.05, 3.63) is 83.9 Å². The van der Waals surface area contributed by atoms with Crippen LogP contribution in [0.2, 0.25) is 0 Å². The molecule has 234 valence electrons. The molecule has 3 amide bonds. The molecule has 4 rings (SSSR count). The van der Waals surface area contributed by atoms with Crippen LogP contribution in [-0.2, 0) is 32.1 Å². The van der Waals surface area contributed by atoms with Crippen molar-refractivity contribution in [3.63, 3.8) is 0 Å². The molecule has 10 heteroatoms. The van der Waals surface area contributed by atoms with Gasteiger partial charge in [0.05, 0.1) is 12.1 Å². The number of ether oxygens (including phenoxy) is 1. The summed E-state index contributed by atoms with van der Waals surface area (Å²) in [6.45, 7) is 4.51. The van der Waals surface area contributed by atoms with Crippen LogP contribution in [0.25, 0.3) is 10.8 Å². The Morgan fingerprint density at radius 2 is 1.75 bits per heavy atom. The van der Waals surface area contributed by atoms with Gasteiger partial charge in [0, 0.05) is 18.9 Å². The van der Waals surface area contributed by atoms with E-state index in [1.165, 1.54) is 0 Å². The summed E-state index contributed by atoms with van der Waals surface area (Å²) < 4.78 is 5.43. The molecule has 3 unspecified atom stereocenters. The molecule has 5 atom stereocenters. The number of fused-ring (bicyclic) bond motifs is 1. The third-order valence-electron chi connectivity index (χ3n) is 7.81. The molecule has 1 aliphatic heterocycles. The van der Waals surface area contributed by atoms with Crippen LogP contribution in [0.1, 0.15) is 44.2 Å². The van der Waals surface area contributed by atoms with Gasteiger partial charge in [0.15, 0.2) is 0 Å². The standard InChI is InChI=1S/C34H42N4O6/c1-22(2)17-29(32(41)36-27(20-39)18-26-15-16-35-31(26)40)37-33(42)30(38-34(43)44-21-23-9-4-3-5-10-23)19-25-13-8-12-24-11-6-7-14-28(24)25/h3-14,20,22,26-27,29-30,32,36,41H,15-19,21H2,1-2H3,(H,35,40)(H,37,42)(H,38,43)/t26-,27?,29-,30?,32?/m0/s1. The zero-order valence-electron chi connectivity index (χ0n) is 25.2. The minimum absolute atomic E-state index is 0.0417.